The first-order valence-corrected chi connectivity index (χ1v) is 12.2. The van der Waals surface area contributed by atoms with Gasteiger partial charge in [-0.1, -0.05) is 19.1 Å². The number of hydrogen-bond acceptors (Lipinski definition) is 4. The van der Waals surface area contributed by atoms with Crippen molar-refractivity contribution in [3.05, 3.63) is 29.8 Å². The van der Waals surface area contributed by atoms with Crippen LogP contribution in [0.25, 0.3) is 0 Å². The minimum absolute atomic E-state index is 0.362. The highest BCUT2D eigenvalue weighted by atomic mass is 32.2. The Morgan fingerprint density at radius 2 is 1.75 bits per heavy atom. The molecule has 1 saturated heterocycles. The molecule has 0 unspecified atom stereocenters. The Labute approximate surface area is 170 Å². The SMILES string of the molecule is CN=C(NCCCCN1CCC(C)CC1)NCCc1ccc(S(C)(=O)=O)cc1. The van der Waals surface area contributed by atoms with Gasteiger partial charge in [0, 0.05) is 26.4 Å². The van der Waals surface area contributed by atoms with E-state index in [0.29, 0.717) is 4.90 Å². The molecule has 0 radical (unpaired) electrons. The monoisotopic (exact) mass is 408 g/mol. The van der Waals surface area contributed by atoms with Crippen molar-refractivity contribution in [3.8, 4) is 0 Å². The van der Waals surface area contributed by atoms with Crippen LogP contribution in [0.5, 0.6) is 0 Å². The number of rotatable bonds is 9. The van der Waals surface area contributed by atoms with E-state index in [1.54, 1.807) is 19.2 Å². The molecule has 2 N–H and O–H groups in total. The predicted molar refractivity (Wildman–Crippen MR) is 117 cm³/mol. The molecule has 0 spiro atoms. The summed E-state index contributed by atoms with van der Waals surface area (Å²) in [6, 6.07) is 7.08. The Bertz CT molecular complexity index is 708. The Kier molecular flexibility index (Phi) is 9.25. The van der Waals surface area contributed by atoms with Crippen LogP contribution in [0.4, 0.5) is 0 Å². The summed E-state index contributed by atoms with van der Waals surface area (Å²) in [5, 5.41) is 6.69. The van der Waals surface area contributed by atoms with Crippen molar-refractivity contribution in [1.82, 2.24) is 15.5 Å². The van der Waals surface area contributed by atoms with E-state index in [0.717, 1.165) is 43.4 Å². The molecule has 1 heterocycles. The molecule has 2 rings (SSSR count). The van der Waals surface area contributed by atoms with Gasteiger partial charge in [-0.25, -0.2) is 8.42 Å². The summed E-state index contributed by atoms with van der Waals surface area (Å²) in [5.74, 6) is 1.71. The summed E-state index contributed by atoms with van der Waals surface area (Å²) in [7, 11) is -1.35. The fourth-order valence-corrected chi connectivity index (χ4v) is 4.03. The van der Waals surface area contributed by atoms with E-state index in [2.05, 4.69) is 27.4 Å². The van der Waals surface area contributed by atoms with Gasteiger partial charge in [0.2, 0.25) is 0 Å². The molecule has 0 atom stereocenters. The summed E-state index contributed by atoms with van der Waals surface area (Å²) >= 11 is 0. The first kappa shape index (κ1) is 22.7. The quantitative estimate of drug-likeness (QED) is 0.373. The number of piperidine rings is 1. The van der Waals surface area contributed by atoms with Crippen molar-refractivity contribution < 1.29 is 8.42 Å². The van der Waals surface area contributed by atoms with E-state index in [9.17, 15) is 8.42 Å². The van der Waals surface area contributed by atoms with Crippen LogP contribution >= 0.6 is 0 Å². The van der Waals surface area contributed by atoms with Gasteiger partial charge in [0.05, 0.1) is 4.90 Å². The molecule has 0 amide bonds. The van der Waals surface area contributed by atoms with Gasteiger partial charge < -0.3 is 15.5 Å². The highest BCUT2D eigenvalue weighted by Crippen LogP contribution is 2.16. The summed E-state index contributed by atoms with van der Waals surface area (Å²) in [4.78, 5) is 7.21. The molecule has 1 aliphatic rings. The van der Waals surface area contributed by atoms with E-state index in [-0.39, 0.29) is 0 Å². The van der Waals surface area contributed by atoms with Crippen LogP contribution in [0.15, 0.2) is 34.2 Å². The van der Waals surface area contributed by atoms with Gasteiger partial charge in [-0.15, -0.1) is 0 Å². The number of unbranched alkanes of at least 4 members (excludes halogenated alkanes) is 1. The zero-order chi connectivity index (χ0) is 20.4. The van der Waals surface area contributed by atoms with Gasteiger partial charge in [-0.05, 0) is 75.4 Å². The number of sulfone groups is 1. The van der Waals surface area contributed by atoms with Crippen molar-refractivity contribution in [2.45, 2.75) is 43.9 Å². The van der Waals surface area contributed by atoms with Crippen LogP contribution in [0.3, 0.4) is 0 Å². The molecule has 0 aromatic heterocycles. The van der Waals surface area contributed by atoms with E-state index in [4.69, 9.17) is 0 Å². The molecule has 158 valence electrons. The van der Waals surface area contributed by atoms with Gasteiger partial charge in [0.25, 0.3) is 0 Å². The third-order valence-corrected chi connectivity index (χ3v) is 6.48. The average molecular weight is 409 g/mol. The Balaban J connectivity index is 1.58. The van der Waals surface area contributed by atoms with E-state index in [1.807, 2.05) is 12.1 Å². The lowest BCUT2D eigenvalue weighted by Gasteiger charge is -2.30. The molecule has 1 aromatic carbocycles. The van der Waals surface area contributed by atoms with Crippen molar-refractivity contribution >= 4 is 15.8 Å². The first-order chi connectivity index (χ1) is 13.4. The summed E-state index contributed by atoms with van der Waals surface area (Å²) in [6.07, 6.45) is 7.08. The maximum atomic E-state index is 11.5. The van der Waals surface area contributed by atoms with Gasteiger partial charge in [-0.2, -0.15) is 0 Å². The van der Waals surface area contributed by atoms with Crippen LogP contribution in [0, 0.1) is 5.92 Å². The average Bonchev–Trinajstić information content (AvgIpc) is 2.67. The molecule has 28 heavy (non-hydrogen) atoms. The Morgan fingerprint density at radius 3 is 2.36 bits per heavy atom. The summed E-state index contributed by atoms with van der Waals surface area (Å²) in [5.41, 5.74) is 1.10. The lowest BCUT2D eigenvalue weighted by Crippen LogP contribution is -2.39. The number of hydrogen-bond donors (Lipinski definition) is 2. The normalized spacial score (nSPS) is 16.9. The number of likely N-dealkylation sites (tertiary alicyclic amines) is 1. The highest BCUT2D eigenvalue weighted by Gasteiger charge is 2.14. The molecule has 7 heteroatoms. The zero-order valence-electron chi connectivity index (χ0n) is 17.6. The number of guanidine groups is 1. The summed E-state index contributed by atoms with van der Waals surface area (Å²) < 4.78 is 23.0. The number of benzene rings is 1. The second-order valence-corrected chi connectivity index (χ2v) is 9.84. The van der Waals surface area contributed by atoms with E-state index >= 15 is 0 Å². The topological polar surface area (TPSA) is 73.8 Å². The highest BCUT2D eigenvalue weighted by molar-refractivity contribution is 7.90. The lowest BCUT2D eigenvalue weighted by atomic mass is 9.99. The van der Waals surface area contributed by atoms with Crippen LogP contribution in [-0.2, 0) is 16.3 Å². The Hall–Kier alpha value is -1.60. The molecule has 1 aromatic rings. The molecule has 0 saturated carbocycles. The minimum Gasteiger partial charge on any atom is -0.356 e. The number of nitrogens with one attached hydrogen (secondary N) is 2. The van der Waals surface area contributed by atoms with Crippen molar-refractivity contribution in [3.63, 3.8) is 0 Å². The van der Waals surface area contributed by atoms with Crippen LogP contribution in [0.1, 0.15) is 38.2 Å². The number of aliphatic imine (C=N–C) groups is 1. The maximum absolute atomic E-state index is 11.5. The number of nitrogens with zero attached hydrogens (tertiary/aromatic N) is 2. The predicted octanol–water partition coefficient (Wildman–Crippen LogP) is 2.31. The molecular weight excluding hydrogens is 372 g/mol. The smallest absolute Gasteiger partial charge is 0.190 e. The van der Waals surface area contributed by atoms with Crippen LogP contribution in [-0.4, -0.2) is 65.3 Å². The lowest BCUT2D eigenvalue weighted by molar-refractivity contribution is 0.189. The largest absolute Gasteiger partial charge is 0.356 e. The van der Waals surface area contributed by atoms with Crippen LogP contribution < -0.4 is 10.6 Å². The molecule has 0 bridgehead atoms. The minimum atomic E-state index is -3.13. The fraction of sp³-hybridized carbons (Fsp3) is 0.667. The zero-order valence-corrected chi connectivity index (χ0v) is 18.4. The third-order valence-electron chi connectivity index (χ3n) is 5.35. The second-order valence-electron chi connectivity index (χ2n) is 7.82. The molecule has 1 fully saturated rings. The van der Waals surface area contributed by atoms with Crippen molar-refractivity contribution in [1.29, 1.82) is 0 Å². The molecular formula is C21H36N4O2S. The first-order valence-electron chi connectivity index (χ1n) is 10.3. The van der Waals surface area contributed by atoms with Crippen molar-refractivity contribution in [2.24, 2.45) is 10.9 Å². The fourth-order valence-electron chi connectivity index (χ4n) is 3.40. The van der Waals surface area contributed by atoms with E-state index < -0.39 is 9.84 Å². The third kappa shape index (κ3) is 8.19. The van der Waals surface area contributed by atoms with Gasteiger partial charge in [-0.3, -0.25) is 4.99 Å². The maximum Gasteiger partial charge on any atom is 0.190 e. The van der Waals surface area contributed by atoms with Crippen LogP contribution in [0.2, 0.25) is 0 Å². The molecule has 6 nitrogen and oxygen atoms in total. The van der Waals surface area contributed by atoms with Crippen molar-refractivity contribution in [2.75, 3.05) is 46.0 Å². The summed E-state index contributed by atoms with van der Waals surface area (Å²) in [6.45, 7) is 7.73. The van der Waals surface area contributed by atoms with Gasteiger partial charge >= 0.3 is 0 Å². The molecule has 0 aliphatic carbocycles. The van der Waals surface area contributed by atoms with Gasteiger partial charge in [0.1, 0.15) is 0 Å². The standard InChI is InChI=1S/C21H36N4O2S/c1-18-11-16-25(17-12-18)15-5-4-13-23-21(22-2)24-14-10-19-6-8-20(9-7-19)28(3,26)27/h6-9,18H,4-5,10-17H2,1-3H3,(H2,22,23,24). The molecule has 1 aliphatic heterocycles. The van der Waals surface area contributed by atoms with Gasteiger partial charge in [0.15, 0.2) is 15.8 Å². The Morgan fingerprint density at radius 1 is 1.11 bits per heavy atom. The van der Waals surface area contributed by atoms with E-state index in [1.165, 1.54) is 45.2 Å². The second kappa shape index (κ2) is 11.4.